The number of para-hydroxylation sites is 1. The standard InChI is InChI=1S/C24H22O3/c1-16(2)17-9-7-8-14-22(17)26-15-23(25)27-24-20-12-5-3-10-18(20)19-11-4-6-13-21(19)24/h3-14,16,24H,15H2,1-2H3. The lowest BCUT2D eigenvalue weighted by molar-refractivity contribution is -0.149. The molecule has 0 heterocycles. The first-order valence-corrected chi connectivity index (χ1v) is 9.24. The Morgan fingerprint density at radius 3 is 2.04 bits per heavy atom. The third-order valence-corrected chi connectivity index (χ3v) is 4.91. The molecule has 0 radical (unpaired) electrons. The fraction of sp³-hybridized carbons (Fsp3) is 0.208. The van der Waals surface area contributed by atoms with Gasteiger partial charge in [-0.1, -0.05) is 80.6 Å². The molecule has 3 aromatic carbocycles. The maximum absolute atomic E-state index is 12.5. The van der Waals surface area contributed by atoms with E-state index in [4.69, 9.17) is 9.47 Å². The van der Waals surface area contributed by atoms with E-state index in [2.05, 4.69) is 26.0 Å². The fourth-order valence-corrected chi connectivity index (χ4v) is 3.63. The normalized spacial score (nSPS) is 12.6. The van der Waals surface area contributed by atoms with Crippen molar-refractivity contribution >= 4 is 5.97 Å². The van der Waals surface area contributed by atoms with Gasteiger partial charge in [0.05, 0.1) is 0 Å². The van der Waals surface area contributed by atoms with Gasteiger partial charge in [0.15, 0.2) is 12.7 Å². The maximum atomic E-state index is 12.5. The first kappa shape index (κ1) is 17.3. The molecule has 0 aliphatic heterocycles. The number of carbonyl (C=O) groups is 1. The number of esters is 1. The van der Waals surface area contributed by atoms with Crippen LogP contribution in [0.4, 0.5) is 0 Å². The Balaban J connectivity index is 1.51. The number of ether oxygens (including phenoxy) is 2. The average Bonchev–Trinajstić information content (AvgIpc) is 3.01. The van der Waals surface area contributed by atoms with Crippen molar-refractivity contribution in [2.24, 2.45) is 0 Å². The minimum atomic E-state index is -0.381. The summed E-state index contributed by atoms with van der Waals surface area (Å²) in [6.07, 6.45) is -0.381. The fourth-order valence-electron chi connectivity index (χ4n) is 3.63. The molecule has 0 spiro atoms. The summed E-state index contributed by atoms with van der Waals surface area (Å²) in [5.41, 5.74) is 5.38. The van der Waals surface area contributed by atoms with E-state index in [1.807, 2.05) is 60.7 Å². The van der Waals surface area contributed by atoms with Crippen molar-refractivity contribution in [3.05, 3.63) is 89.5 Å². The average molecular weight is 358 g/mol. The molecule has 1 aliphatic rings. The Morgan fingerprint density at radius 1 is 0.852 bits per heavy atom. The highest BCUT2D eigenvalue weighted by atomic mass is 16.6. The van der Waals surface area contributed by atoms with Crippen molar-refractivity contribution in [1.29, 1.82) is 0 Å². The number of hydrogen-bond acceptors (Lipinski definition) is 3. The SMILES string of the molecule is CC(C)c1ccccc1OCC(=O)OC1c2ccccc2-c2ccccc21. The van der Waals surface area contributed by atoms with Gasteiger partial charge in [-0.3, -0.25) is 0 Å². The van der Waals surface area contributed by atoms with Crippen molar-refractivity contribution < 1.29 is 14.3 Å². The molecule has 27 heavy (non-hydrogen) atoms. The summed E-state index contributed by atoms with van der Waals surface area (Å²) in [4.78, 5) is 12.5. The predicted octanol–water partition coefficient (Wildman–Crippen LogP) is 5.50. The van der Waals surface area contributed by atoms with Crippen LogP contribution in [0.5, 0.6) is 5.75 Å². The van der Waals surface area contributed by atoms with E-state index in [1.54, 1.807) is 0 Å². The zero-order valence-electron chi connectivity index (χ0n) is 15.5. The van der Waals surface area contributed by atoms with Crippen LogP contribution in [0.25, 0.3) is 11.1 Å². The van der Waals surface area contributed by atoms with E-state index in [1.165, 1.54) is 0 Å². The number of benzene rings is 3. The van der Waals surface area contributed by atoms with E-state index in [0.29, 0.717) is 5.92 Å². The van der Waals surface area contributed by atoms with Gasteiger partial charge in [0, 0.05) is 11.1 Å². The van der Waals surface area contributed by atoms with Crippen LogP contribution in [0.3, 0.4) is 0 Å². The minimum absolute atomic E-state index is 0.107. The van der Waals surface area contributed by atoms with Crippen molar-refractivity contribution in [1.82, 2.24) is 0 Å². The zero-order valence-corrected chi connectivity index (χ0v) is 15.5. The van der Waals surface area contributed by atoms with Crippen LogP contribution in [0.15, 0.2) is 72.8 Å². The topological polar surface area (TPSA) is 35.5 Å². The van der Waals surface area contributed by atoms with E-state index in [-0.39, 0.29) is 18.7 Å². The lowest BCUT2D eigenvalue weighted by atomic mass is 10.0. The highest BCUT2D eigenvalue weighted by molar-refractivity contribution is 5.80. The largest absolute Gasteiger partial charge is 0.482 e. The van der Waals surface area contributed by atoms with Crippen LogP contribution >= 0.6 is 0 Å². The summed E-state index contributed by atoms with van der Waals surface area (Å²) in [6, 6.07) is 23.9. The third-order valence-electron chi connectivity index (χ3n) is 4.91. The first-order valence-electron chi connectivity index (χ1n) is 9.24. The van der Waals surface area contributed by atoms with Gasteiger partial charge >= 0.3 is 5.97 Å². The van der Waals surface area contributed by atoms with Gasteiger partial charge in [0.25, 0.3) is 0 Å². The molecule has 1 aliphatic carbocycles. The Bertz CT molecular complexity index is 929. The second-order valence-electron chi connectivity index (χ2n) is 7.03. The van der Waals surface area contributed by atoms with Crippen LogP contribution in [0.1, 0.15) is 42.6 Å². The minimum Gasteiger partial charge on any atom is -0.482 e. The molecule has 0 bridgehead atoms. The van der Waals surface area contributed by atoms with Gasteiger partial charge < -0.3 is 9.47 Å². The summed E-state index contributed by atoms with van der Waals surface area (Å²) in [5.74, 6) is 0.688. The van der Waals surface area contributed by atoms with Crippen molar-refractivity contribution in [3.8, 4) is 16.9 Å². The summed E-state index contributed by atoms with van der Waals surface area (Å²) >= 11 is 0. The number of hydrogen-bond donors (Lipinski definition) is 0. The van der Waals surface area contributed by atoms with Crippen LogP contribution < -0.4 is 4.74 Å². The molecule has 0 amide bonds. The quantitative estimate of drug-likeness (QED) is 0.565. The molecule has 0 atom stereocenters. The molecule has 136 valence electrons. The number of carbonyl (C=O) groups excluding carboxylic acids is 1. The van der Waals surface area contributed by atoms with E-state index >= 15 is 0 Å². The van der Waals surface area contributed by atoms with Gasteiger partial charge in [-0.25, -0.2) is 4.79 Å². The van der Waals surface area contributed by atoms with E-state index in [9.17, 15) is 4.79 Å². The molecule has 0 fully saturated rings. The van der Waals surface area contributed by atoms with Crippen molar-refractivity contribution in [3.63, 3.8) is 0 Å². The van der Waals surface area contributed by atoms with Gasteiger partial charge in [0.1, 0.15) is 5.75 Å². The summed E-state index contributed by atoms with van der Waals surface area (Å²) in [5, 5.41) is 0. The second-order valence-corrected chi connectivity index (χ2v) is 7.03. The zero-order chi connectivity index (χ0) is 18.8. The van der Waals surface area contributed by atoms with Crippen LogP contribution in [-0.4, -0.2) is 12.6 Å². The second kappa shape index (κ2) is 7.28. The van der Waals surface area contributed by atoms with E-state index in [0.717, 1.165) is 33.6 Å². The lowest BCUT2D eigenvalue weighted by Gasteiger charge is -2.17. The molecular formula is C24H22O3. The highest BCUT2D eigenvalue weighted by Crippen LogP contribution is 2.45. The highest BCUT2D eigenvalue weighted by Gasteiger charge is 2.31. The molecule has 0 saturated heterocycles. The summed E-state index contributed by atoms with van der Waals surface area (Å²) in [6.45, 7) is 4.10. The van der Waals surface area contributed by atoms with Crippen molar-refractivity contribution in [2.75, 3.05) is 6.61 Å². The molecule has 0 saturated carbocycles. The van der Waals surface area contributed by atoms with Gasteiger partial charge in [0.2, 0.25) is 0 Å². The Labute approximate surface area is 159 Å². The lowest BCUT2D eigenvalue weighted by Crippen LogP contribution is -2.18. The van der Waals surface area contributed by atoms with Crippen LogP contribution in [-0.2, 0) is 9.53 Å². The molecule has 3 aromatic rings. The smallest absolute Gasteiger partial charge is 0.345 e. The maximum Gasteiger partial charge on any atom is 0.345 e. The number of fused-ring (bicyclic) bond motifs is 3. The van der Waals surface area contributed by atoms with Gasteiger partial charge in [-0.15, -0.1) is 0 Å². The Kier molecular flexibility index (Phi) is 4.68. The molecule has 3 heteroatoms. The Hall–Kier alpha value is -3.07. The number of rotatable bonds is 5. The molecule has 0 unspecified atom stereocenters. The predicted molar refractivity (Wildman–Crippen MR) is 106 cm³/mol. The van der Waals surface area contributed by atoms with Crippen LogP contribution in [0, 0.1) is 0 Å². The molecular weight excluding hydrogens is 336 g/mol. The molecule has 0 aromatic heterocycles. The first-order chi connectivity index (χ1) is 13.1. The third kappa shape index (κ3) is 3.33. The Morgan fingerprint density at radius 2 is 1.41 bits per heavy atom. The summed E-state index contributed by atoms with van der Waals surface area (Å²) in [7, 11) is 0. The van der Waals surface area contributed by atoms with Crippen LogP contribution in [0.2, 0.25) is 0 Å². The molecule has 4 rings (SSSR count). The molecule has 3 nitrogen and oxygen atoms in total. The van der Waals surface area contributed by atoms with Gasteiger partial charge in [-0.05, 0) is 28.7 Å². The summed E-state index contributed by atoms with van der Waals surface area (Å²) < 4.78 is 11.6. The van der Waals surface area contributed by atoms with Crippen molar-refractivity contribution in [2.45, 2.75) is 25.9 Å². The molecule has 0 N–H and O–H groups in total. The van der Waals surface area contributed by atoms with Gasteiger partial charge in [-0.2, -0.15) is 0 Å². The monoisotopic (exact) mass is 358 g/mol. The van der Waals surface area contributed by atoms with E-state index < -0.39 is 0 Å².